The van der Waals surface area contributed by atoms with E-state index in [-0.39, 0.29) is 36.8 Å². The Bertz CT molecular complexity index is 731. The number of aromatic hydroxyl groups is 1. The van der Waals surface area contributed by atoms with Gasteiger partial charge in [0.1, 0.15) is 17.6 Å². The van der Waals surface area contributed by atoms with E-state index in [9.17, 15) is 9.90 Å². The average molecular weight is 357 g/mol. The summed E-state index contributed by atoms with van der Waals surface area (Å²) in [5, 5.41) is 21.6. The number of carbonyl (C=O) groups excluding carboxylic acids is 1. The highest BCUT2D eigenvalue weighted by Crippen LogP contribution is 2.19. The molecule has 1 aliphatic heterocycles. The van der Waals surface area contributed by atoms with E-state index in [1.165, 1.54) is 0 Å². The molecule has 2 aromatic rings. The average Bonchev–Trinajstić information content (AvgIpc) is 2.64. The van der Waals surface area contributed by atoms with E-state index >= 15 is 0 Å². The van der Waals surface area contributed by atoms with E-state index in [1.54, 1.807) is 48.5 Å². The van der Waals surface area contributed by atoms with Crippen molar-refractivity contribution >= 4 is 5.91 Å². The van der Waals surface area contributed by atoms with Crippen molar-refractivity contribution in [2.75, 3.05) is 13.2 Å². The van der Waals surface area contributed by atoms with Gasteiger partial charge in [0.15, 0.2) is 0 Å². The van der Waals surface area contributed by atoms with Crippen molar-refractivity contribution in [1.29, 1.82) is 0 Å². The number of phenolic OH excluding ortho intramolecular Hbond substituents is 1. The molecule has 1 aliphatic rings. The number of benzene rings is 2. The second-order valence-corrected chi connectivity index (χ2v) is 6.34. The van der Waals surface area contributed by atoms with Crippen molar-refractivity contribution in [3.05, 3.63) is 59.7 Å². The lowest BCUT2D eigenvalue weighted by Gasteiger charge is -2.32. The number of carbonyl (C=O) groups is 1. The molecule has 3 rings (SSSR count). The molecule has 6 nitrogen and oxygen atoms in total. The predicted octanol–water partition coefficient (Wildman–Crippen LogP) is 1.78. The molecule has 1 amide bonds. The number of hydrogen-bond donors (Lipinski definition) is 3. The molecule has 0 spiro atoms. The Kier molecular flexibility index (Phi) is 6.09. The maximum absolute atomic E-state index is 12.4. The largest absolute Gasteiger partial charge is 0.508 e. The third-order valence-corrected chi connectivity index (χ3v) is 4.32. The fraction of sp³-hybridized carbons (Fsp3) is 0.350. The zero-order chi connectivity index (χ0) is 18.4. The van der Waals surface area contributed by atoms with Crippen molar-refractivity contribution in [3.63, 3.8) is 0 Å². The van der Waals surface area contributed by atoms with Crippen LogP contribution in [0.2, 0.25) is 0 Å². The number of nitrogens with one attached hydrogen (secondary N) is 1. The van der Waals surface area contributed by atoms with E-state index in [4.69, 9.17) is 14.6 Å². The van der Waals surface area contributed by atoms with Gasteiger partial charge >= 0.3 is 0 Å². The topological polar surface area (TPSA) is 88.0 Å². The Labute approximate surface area is 152 Å². The van der Waals surface area contributed by atoms with E-state index in [0.717, 1.165) is 11.1 Å². The van der Waals surface area contributed by atoms with Crippen LogP contribution in [0.4, 0.5) is 0 Å². The standard InChI is InChI=1S/C20H23NO5/c22-12-14-4-6-17(7-5-14)26-19-13-25-9-8-18(19)21-20(24)11-15-2-1-3-16(23)10-15/h1-7,10,18-19,22-23H,8-9,11-13H2,(H,21,24)/t18-,19-/m1/s1. The minimum absolute atomic E-state index is 0.0134. The van der Waals surface area contributed by atoms with Gasteiger partial charge in [-0.2, -0.15) is 0 Å². The SMILES string of the molecule is O=C(Cc1cccc(O)c1)N[C@@H]1CCOC[C@H]1Oc1ccc(CO)cc1. The summed E-state index contributed by atoms with van der Waals surface area (Å²) in [6, 6.07) is 13.7. The van der Waals surface area contributed by atoms with Crippen LogP contribution in [-0.4, -0.2) is 41.5 Å². The monoisotopic (exact) mass is 357 g/mol. The van der Waals surface area contributed by atoms with Crippen molar-refractivity contribution in [1.82, 2.24) is 5.32 Å². The zero-order valence-corrected chi connectivity index (χ0v) is 14.4. The zero-order valence-electron chi connectivity index (χ0n) is 14.4. The van der Waals surface area contributed by atoms with Crippen LogP contribution < -0.4 is 10.1 Å². The Hall–Kier alpha value is -2.57. The number of hydrogen-bond acceptors (Lipinski definition) is 5. The summed E-state index contributed by atoms with van der Waals surface area (Å²) in [5.41, 5.74) is 1.57. The minimum Gasteiger partial charge on any atom is -0.508 e. The summed E-state index contributed by atoms with van der Waals surface area (Å²) in [6.45, 7) is 0.958. The Balaban J connectivity index is 1.59. The Morgan fingerprint density at radius 2 is 2.00 bits per heavy atom. The minimum atomic E-state index is -0.281. The highest BCUT2D eigenvalue weighted by atomic mass is 16.5. The number of amides is 1. The highest BCUT2D eigenvalue weighted by molar-refractivity contribution is 5.79. The van der Waals surface area contributed by atoms with Gasteiger partial charge in [-0.25, -0.2) is 0 Å². The third kappa shape index (κ3) is 4.97. The molecular weight excluding hydrogens is 334 g/mol. The maximum Gasteiger partial charge on any atom is 0.224 e. The Morgan fingerprint density at radius 3 is 2.73 bits per heavy atom. The molecule has 0 aromatic heterocycles. The van der Waals surface area contributed by atoms with Gasteiger partial charge in [0, 0.05) is 6.61 Å². The van der Waals surface area contributed by atoms with Gasteiger partial charge in [-0.15, -0.1) is 0 Å². The van der Waals surface area contributed by atoms with E-state index in [2.05, 4.69) is 5.32 Å². The van der Waals surface area contributed by atoms with E-state index in [1.807, 2.05) is 0 Å². The second kappa shape index (κ2) is 8.69. The van der Waals surface area contributed by atoms with Gasteiger partial charge < -0.3 is 25.0 Å². The molecular formula is C20H23NO5. The van der Waals surface area contributed by atoms with Gasteiger partial charge in [-0.3, -0.25) is 4.79 Å². The van der Waals surface area contributed by atoms with E-state index < -0.39 is 0 Å². The molecule has 1 fully saturated rings. The normalized spacial score (nSPS) is 19.7. The van der Waals surface area contributed by atoms with Crippen LogP contribution in [-0.2, 0) is 22.6 Å². The third-order valence-electron chi connectivity index (χ3n) is 4.32. The summed E-state index contributed by atoms with van der Waals surface area (Å²) in [7, 11) is 0. The van der Waals surface area contributed by atoms with Crippen LogP contribution in [0.15, 0.2) is 48.5 Å². The van der Waals surface area contributed by atoms with Gasteiger partial charge in [0.05, 0.1) is 25.7 Å². The summed E-state index contributed by atoms with van der Waals surface area (Å²) < 4.78 is 11.5. The number of ether oxygens (including phenoxy) is 2. The molecule has 0 bridgehead atoms. The van der Waals surface area contributed by atoms with Gasteiger partial charge in [-0.05, 0) is 41.8 Å². The van der Waals surface area contributed by atoms with Gasteiger partial charge in [-0.1, -0.05) is 24.3 Å². The smallest absolute Gasteiger partial charge is 0.224 e. The van der Waals surface area contributed by atoms with Crippen LogP contribution in [0, 0.1) is 0 Å². The number of aliphatic hydroxyl groups excluding tert-OH is 1. The van der Waals surface area contributed by atoms with Crippen molar-refractivity contribution in [2.24, 2.45) is 0 Å². The fourth-order valence-corrected chi connectivity index (χ4v) is 2.95. The van der Waals surface area contributed by atoms with Gasteiger partial charge in [0.25, 0.3) is 0 Å². The van der Waals surface area contributed by atoms with Gasteiger partial charge in [0.2, 0.25) is 5.91 Å². The lowest BCUT2D eigenvalue weighted by Crippen LogP contribution is -2.51. The maximum atomic E-state index is 12.4. The molecule has 1 heterocycles. The molecule has 3 N–H and O–H groups in total. The summed E-state index contributed by atoms with van der Waals surface area (Å²) in [4.78, 5) is 12.4. The first-order valence-corrected chi connectivity index (χ1v) is 8.65. The highest BCUT2D eigenvalue weighted by Gasteiger charge is 2.29. The summed E-state index contributed by atoms with van der Waals surface area (Å²) in [5.74, 6) is 0.700. The van der Waals surface area contributed by atoms with Crippen LogP contribution in [0.3, 0.4) is 0 Å². The molecule has 1 saturated heterocycles. The first-order valence-electron chi connectivity index (χ1n) is 8.65. The molecule has 0 saturated carbocycles. The first-order chi connectivity index (χ1) is 12.6. The molecule has 0 aliphatic carbocycles. The number of phenols is 1. The summed E-state index contributed by atoms with van der Waals surface area (Å²) >= 11 is 0. The second-order valence-electron chi connectivity index (χ2n) is 6.34. The van der Waals surface area contributed by atoms with Crippen LogP contribution >= 0.6 is 0 Å². The van der Waals surface area contributed by atoms with Crippen molar-refractivity contribution in [2.45, 2.75) is 31.6 Å². The molecule has 138 valence electrons. The molecule has 6 heteroatoms. The van der Waals surface area contributed by atoms with Crippen molar-refractivity contribution in [3.8, 4) is 11.5 Å². The fourth-order valence-electron chi connectivity index (χ4n) is 2.95. The van der Waals surface area contributed by atoms with Crippen molar-refractivity contribution < 1.29 is 24.5 Å². The number of rotatable bonds is 6. The Morgan fingerprint density at radius 1 is 1.19 bits per heavy atom. The molecule has 26 heavy (non-hydrogen) atoms. The molecule has 2 atom stereocenters. The summed E-state index contributed by atoms with van der Waals surface area (Å²) in [6.07, 6.45) is 0.589. The number of aliphatic hydroxyl groups is 1. The van der Waals surface area contributed by atoms with Crippen LogP contribution in [0.1, 0.15) is 17.5 Å². The van der Waals surface area contributed by atoms with E-state index in [0.29, 0.717) is 25.4 Å². The van der Waals surface area contributed by atoms with Crippen LogP contribution in [0.5, 0.6) is 11.5 Å². The lowest BCUT2D eigenvalue weighted by molar-refractivity contribution is -0.123. The molecule has 2 aromatic carbocycles. The molecule has 0 unspecified atom stereocenters. The predicted molar refractivity (Wildman–Crippen MR) is 96.0 cm³/mol. The van der Waals surface area contributed by atoms with Crippen LogP contribution in [0.25, 0.3) is 0 Å². The first kappa shape index (κ1) is 18.2. The quantitative estimate of drug-likeness (QED) is 0.733. The lowest BCUT2D eigenvalue weighted by atomic mass is 10.0. The molecule has 0 radical (unpaired) electrons.